The number of para-hydroxylation sites is 3. The molecule has 2 aromatic heterocycles. The molecule has 6 aromatic rings. The first-order chi connectivity index (χ1) is 20.5. The van der Waals surface area contributed by atoms with Gasteiger partial charge in [-0.25, -0.2) is 4.98 Å². The number of benzene rings is 4. The van der Waals surface area contributed by atoms with Crippen LogP contribution in [0.1, 0.15) is 5.56 Å². The molecule has 42 heavy (non-hydrogen) atoms. The third-order valence-corrected chi connectivity index (χ3v) is 6.97. The molecule has 0 saturated carbocycles. The standard InChI is InChI=1S/C32H23BrN4O5/c1-40-27-16-20(15-24(33)30(27)41-19-29(38)35-22-10-3-2-4-11-22)18-34-37-31(28-17-21-9-5-8-14-26(21)42-28)36-25-13-7-6-12-23(25)32(37)39/h2-18H,19H2,1H3,(H,35,38). The van der Waals surface area contributed by atoms with Crippen LogP contribution in [0.25, 0.3) is 33.5 Å². The van der Waals surface area contributed by atoms with Gasteiger partial charge in [-0.1, -0.05) is 48.5 Å². The highest BCUT2D eigenvalue weighted by molar-refractivity contribution is 9.10. The molecule has 4 aromatic carbocycles. The second-order valence-electron chi connectivity index (χ2n) is 9.20. The fourth-order valence-corrected chi connectivity index (χ4v) is 4.99. The van der Waals surface area contributed by atoms with Gasteiger partial charge in [0.05, 0.1) is 28.7 Å². The van der Waals surface area contributed by atoms with Crippen LogP contribution in [0.2, 0.25) is 0 Å². The van der Waals surface area contributed by atoms with Crippen molar-refractivity contribution in [2.24, 2.45) is 5.10 Å². The van der Waals surface area contributed by atoms with Crippen molar-refractivity contribution >= 4 is 55.6 Å². The zero-order chi connectivity index (χ0) is 29.1. The molecule has 0 bridgehead atoms. The maximum atomic E-state index is 13.6. The van der Waals surface area contributed by atoms with Crippen LogP contribution in [-0.2, 0) is 4.79 Å². The monoisotopic (exact) mass is 622 g/mol. The number of rotatable bonds is 8. The van der Waals surface area contributed by atoms with E-state index in [0.29, 0.717) is 49.5 Å². The van der Waals surface area contributed by atoms with E-state index in [0.717, 1.165) is 5.39 Å². The van der Waals surface area contributed by atoms with Gasteiger partial charge in [0.15, 0.2) is 23.9 Å². The highest BCUT2D eigenvalue weighted by Crippen LogP contribution is 2.36. The average molecular weight is 623 g/mol. The lowest BCUT2D eigenvalue weighted by Gasteiger charge is -2.13. The van der Waals surface area contributed by atoms with Crippen LogP contribution >= 0.6 is 15.9 Å². The van der Waals surface area contributed by atoms with Crippen LogP contribution in [-0.4, -0.2) is 35.5 Å². The molecule has 1 N–H and O–H groups in total. The van der Waals surface area contributed by atoms with Crippen molar-refractivity contribution < 1.29 is 18.7 Å². The lowest BCUT2D eigenvalue weighted by molar-refractivity contribution is -0.118. The van der Waals surface area contributed by atoms with E-state index in [1.807, 2.05) is 54.6 Å². The number of methoxy groups -OCH3 is 1. The molecule has 0 aliphatic rings. The summed E-state index contributed by atoms with van der Waals surface area (Å²) in [5.74, 6) is 1.08. The van der Waals surface area contributed by atoms with Gasteiger partial charge in [0.1, 0.15) is 5.58 Å². The van der Waals surface area contributed by atoms with E-state index < -0.39 is 0 Å². The zero-order valence-corrected chi connectivity index (χ0v) is 23.9. The number of anilines is 1. The lowest BCUT2D eigenvalue weighted by atomic mass is 10.2. The minimum atomic E-state index is -0.345. The normalized spacial score (nSPS) is 11.3. The summed E-state index contributed by atoms with van der Waals surface area (Å²) in [6.07, 6.45) is 1.52. The Morgan fingerprint density at radius 1 is 1.02 bits per heavy atom. The molecule has 0 fully saturated rings. The molecular weight excluding hydrogens is 600 g/mol. The van der Waals surface area contributed by atoms with E-state index in [2.05, 4.69) is 26.3 Å². The fourth-order valence-electron chi connectivity index (χ4n) is 4.42. The van der Waals surface area contributed by atoms with Crippen molar-refractivity contribution in [3.05, 3.63) is 117 Å². The fraction of sp³-hybridized carbons (Fsp3) is 0.0625. The molecule has 1 amide bonds. The summed E-state index contributed by atoms with van der Waals surface area (Å²) in [5, 5.41) is 8.60. The SMILES string of the molecule is COc1cc(C=Nn2c(-c3cc4ccccc4o3)nc3ccccc3c2=O)cc(Br)c1OCC(=O)Nc1ccccc1. The number of carbonyl (C=O) groups is 1. The lowest BCUT2D eigenvalue weighted by Crippen LogP contribution is -2.20. The number of furan rings is 1. The van der Waals surface area contributed by atoms with Crippen molar-refractivity contribution in [1.82, 2.24) is 9.66 Å². The van der Waals surface area contributed by atoms with Gasteiger partial charge in [0.2, 0.25) is 5.82 Å². The van der Waals surface area contributed by atoms with Crippen LogP contribution in [0.3, 0.4) is 0 Å². The summed E-state index contributed by atoms with van der Waals surface area (Å²) in [6, 6.07) is 29.0. The molecule has 6 rings (SSSR count). The Morgan fingerprint density at radius 2 is 1.79 bits per heavy atom. The van der Waals surface area contributed by atoms with Gasteiger partial charge in [0.25, 0.3) is 11.5 Å². The smallest absolute Gasteiger partial charge is 0.282 e. The van der Waals surface area contributed by atoms with E-state index >= 15 is 0 Å². The van der Waals surface area contributed by atoms with Gasteiger partial charge < -0.3 is 19.2 Å². The van der Waals surface area contributed by atoms with E-state index in [1.54, 1.807) is 42.5 Å². The van der Waals surface area contributed by atoms with Crippen molar-refractivity contribution in [2.75, 3.05) is 19.0 Å². The van der Waals surface area contributed by atoms with Crippen LogP contribution < -0.4 is 20.3 Å². The quantitative estimate of drug-likeness (QED) is 0.195. The molecule has 0 unspecified atom stereocenters. The third-order valence-electron chi connectivity index (χ3n) is 6.38. The number of fused-ring (bicyclic) bond motifs is 2. The Hall–Kier alpha value is -5.22. The number of nitrogens with one attached hydrogen (secondary N) is 1. The number of aromatic nitrogens is 2. The van der Waals surface area contributed by atoms with Crippen molar-refractivity contribution in [2.45, 2.75) is 0 Å². The number of nitrogens with zero attached hydrogens (tertiary/aromatic N) is 3. The number of hydrogen-bond acceptors (Lipinski definition) is 7. The summed E-state index contributed by atoms with van der Waals surface area (Å²) < 4.78 is 19.1. The molecule has 2 heterocycles. The number of hydrogen-bond donors (Lipinski definition) is 1. The van der Waals surface area contributed by atoms with Crippen LogP contribution in [0.15, 0.2) is 116 Å². The summed E-state index contributed by atoms with van der Waals surface area (Å²) in [6.45, 7) is -0.226. The highest BCUT2D eigenvalue weighted by Gasteiger charge is 2.17. The number of amides is 1. The molecule has 208 valence electrons. The summed E-state index contributed by atoms with van der Waals surface area (Å²) in [4.78, 5) is 30.7. The largest absolute Gasteiger partial charge is 0.493 e. The average Bonchev–Trinajstić information content (AvgIpc) is 3.44. The summed E-state index contributed by atoms with van der Waals surface area (Å²) in [7, 11) is 1.50. The number of ether oxygens (including phenoxy) is 2. The van der Waals surface area contributed by atoms with Gasteiger partial charge in [-0.15, -0.1) is 0 Å². The summed E-state index contributed by atoms with van der Waals surface area (Å²) >= 11 is 3.51. The molecule has 0 spiro atoms. The Balaban J connectivity index is 1.32. The Labute approximate surface area is 248 Å². The molecular formula is C32H23BrN4O5. The van der Waals surface area contributed by atoms with E-state index in [1.165, 1.54) is 18.0 Å². The van der Waals surface area contributed by atoms with E-state index in [4.69, 9.17) is 18.9 Å². The zero-order valence-electron chi connectivity index (χ0n) is 22.3. The first-order valence-electron chi connectivity index (χ1n) is 12.9. The number of halogens is 1. The first kappa shape index (κ1) is 27.0. The van der Waals surface area contributed by atoms with E-state index in [-0.39, 0.29) is 23.9 Å². The van der Waals surface area contributed by atoms with Gasteiger partial charge in [0, 0.05) is 11.1 Å². The molecule has 0 atom stereocenters. The van der Waals surface area contributed by atoms with Crippen LogP contribution in [0.5, 0.6) is 11.5 Å². The second kappa shape index (κ2) is 11.7. The van der Waals surface area contributed by atoms with Crippen LogP contribution in [0.4, 0.5) is 5.69 Å². The maximum Gasteiger partial charge on any atom is 0.282 e. The minimum Gasteiger partial charge on any atom is -0.493 e. The maximum absolute atomic E-state index is 13.6. The Bertz CT molecular complexity index is 1980. The first-order valence-corrected chi connectivity index (χ1v) is 13.7. The predicted octanol–water partition coefficient (Wildman–Crippen LogP) is 6.48. The number of carbonyl (C=O) groups excluding carboxylic acids is 1. The topological polar surface area (TPSA) is 108 Å². The van der Waals surface area contributed by atoms with Crippen molar-refractivity contribution in [3.63, 3.8) is 0 Å². The van der Waals surface area contributed by atoms with Gasteiger partial charge in [-0.2, -0.15) is 9.78 Å². The summed E-state index contributed by atoms with van der Waals surface area (Å²) in [5.41, 5.74) is 2.14. The third kappa shape index (κ3) is 5.52. The molecule has 0 aliphatic heterocycles. The minimum absolute atomic E-state index is 0.226. The Kier molecular flexibility index (Phi) is 7.52. The van der Waals surface area contributed by atoms with Gasteiger partial charge in [-0.05, 0) is 70.0 Å². The van der Waals surface area contributed by atoms with Gasteiger partial charge in [-0.3, -0.25) is 9.59 Å². The predicted molar refractivity (Wildman–Crippen MR) is 165 cm³/mol. The van der Waals surface area contributed by atoms with E-state index in [9.17, 15) is 9.59 Å². The van der Waals surface area contributed by atoms with Crippen molar-refractivity contribution in [1.29, 1.82) is 0 Å². The molecule has 0 radical (unpaired) electrons. The van der Waals surface area contributed by atoms with Crippen LogP contribution in [0, 0.1) is 0 Å². The molecule has 0 saturated heterocycles. The second-order valence-corrected chi connectivity index (χ2v) is 10.1. The van der Waals surface area contributed by atoms with Crippen molar-refractivity contribution in [3.8, 4) is 23.1 Å². The molecule has 10 heteroatoms. The highest BCUT2D eigenvalue weighted by atomic mass is 79.9. The molecule has 9 nitrogen and oxygen atoms in total. The Morgan fingerprint density at radius 3 is 2.60 bits per heavy atom. The van der Waals surface area contributed by atoms with Gasteiger partial charge >= 0.3 is 0 Å². The molecule has 0 aliphatic carbocycles.